The van der Waals surface area contributed by atoms with Gasteiger partial charge in [0.1, 0.15) is 11.6 Å². The molecule has 3 N–H and O–H groups in total. The van der Waals surface area contributed by atoms with E-state index in [0.717, 1.165) is 11.6 Å². The maximum absolute atomic E-state index is 13.2. The highest BCUT2D eigenvalue weighted by Crippen LogP contribution is 2.35. The highest BCUT2D eigenvalue weighted by atomic mass is 35.5. The standard InChI is InChI=1S/C28H28Cl2N4O8S/c1-43(40,41)34-8-4-17(14-34)25(35)31-12-21(28(38)39)32-26(36)23-20(29)10-18-13-33(7-5-19(18)24(23)30)27(37)16-3-2-15-6-9-42-22(15)11-16/h2-3,6,9-11,17,21H,4-5,7-8,12-14H2,1H3,(H,31,35)(H,32,36)(H,38,39)/t17-,21-/m0/s1. The number of carboxylic acids is 1. The zero-order chi connectivity index (χ0) is 31.1. The van der Waals surface area contributed by atoms with Crippen molar-refractivity contribution in [1.29, 1.82) is 0 Å². The summed E-state index contributed by atoms with van der Waals surface area (Å²) in [5.74, 6) is -3.59. The van der Waals surface area contributed by atoms with E-state index >= 15 is 0 Å². The van der Waals surface area contributed by atoms with Crippen LogP contribution in [-0.2, 0) is 32.6 Å². The molecule has 0 spiro atoms. The van der Waals surface area contributed by atoms with Gasteiger partial charge in [-0.2, -0.15) is 0 Å². The predicted octanol–water partition coefficient (Wildman–Crippen LogP) is 2.52. The number of halogens is 2. The van der Waals surface area contributed by atoms with E-state index in [1.807, 2.05) is 0 Å². The van der Waals surface area contributed by atoms with Gasteiger partial charge in [-0.25, -0.2) is 17.5 Å². The molecule has 5 rings (SSSR count). The van der Waals surface area contributed by atoms with Crippen molar-refractivity contribution in [3.63, 3.8) is 0 Å². The highest BCUT2D eigenvalue weighted by molar-refractivity contribution is 7.88. The number of nitrogens with zero attached hydrogens (tertiary/aromatic N) is 2. The molecule has 2 aromatic carbocycles. The SMILES string of the molecule is CS(=O)(=O)N1CC[C@H](C(=O)NC[C@H](NC(=O)c2c(Cl)cc3c(c2Cl)CCN(C(=O)c2ccc4ccoc4c2)C3)C(=O)O)C1. The summed E-state index contributed by atoms with van der Waals surface area (Å²) in [6.07, 6.45) is 3.24. The Kier molecular flexibility index (Phi) is 8.70. The third-order valence-corrected chi connectivity index (χ3v) is 9.68. The first-order valence-corrected chi connectivity index (χ1v) is 16.0. The number of nitrogens with one attached hydrogen (secondary N) is 2. The van der Waals surface area contributed by atoms with Crippen LogP contribution in [0.1, 0.15) is 38.3 Å². The van der Waals surface area contributed by atoms with Gasteiger partial charge in [0.05, 0.1) is 34.0 Å². The number of hydrogen-bond donors (Lipinski definition) is 3. The van der Waals surface area contributed by atoms with Crippen LogP contribution in [0.25, 0.3) is 11.0 Å². The third-order valence-electron chi connectivity index (χ3n) is 7.70. The van der Waals surface area contributed by atoms with Crippen LogP contribution in [0.3, 0.4) is 0 Å². The minimum atomic E-state index is -3.45. The van der Waals surface area contributed by atoms with Crippen molar-refractivity contribution in [3.8, 4) is 0 Å². The van der Waals surface area contributed by atoms with E-state index in [4.69, 9.17) is 27.6 Å². The number of sulfonamides is 1. The number of carboxylic acid groups (broad SMARTS) is 1. The molecule has 3 amide bonds. The molecule has 12 nitrogen and oxygen atoms in total. The fraction of sp³-hybridized carbons (Fsp3) is 0.357. The van der Waals surface area contributed by atoms with Gasteiger partial charge in [0.15, 0.2) is 0 Å². The topological polar surface area (TPSA) is 166 Å². The number of fused-ring (bicyclic) bond motifs is 2. The summed E-state index contributed by atoms with van der Waals surface area (Å²) in [4.78, 5) is 52.5. The predicted molar refractivity (Wildman–Crippen MR) is 158 cm³/mol. The van der Waals surface area contributed by atoms with Crippen LogP contribution < -0.4 is 10.6 Å². The normalized spacial score (nSPS) is 17.8. The minimum Gasteiger partial charge on any atom is -0.480 e. The van der Waals surface area contributed by atoms with E-state index in [1.54, 1.807) is 35.4 Å². The van der Waals surface area contributed by atoms with E-state index in [0.29, 0.717) is 41.7 Å². The van der Waals surface area contributed by atoms with Crippen LogP contribution in [0.2, 0.25) is 10.0 Å². The lowest BCUT2D eigenvalue weighted by atomic mass is 9.96. The number of carbonyl (C=O) groups is 4. The summed E-state index contributed by atoms with van der Waals surface area (Å²) in [5, 5.41) is 15.5. The van der Waals surface area contributed by atoms with Gasteiger partial charge in [-0.1, -0.05) is 29.3 Å². The zero-order valence-electron chi connectivity index (χ0n) is 22.9. The van der Waals surface area contributed by atoms with Gasteiger partial charge >= 0.3 is 5.97 Å². The van der Waals surface area contributed by atoms with Gasteiger partial charge in [-0.15, -0.1) is 0 Å². The van der Waals surface area contributed by atoms with Crippen LogP contribution in [0.4, 0.5) is 0 Å². The Morgan fingerprint density at radius 1 is 1.14 bits per heavy atom. The Bertz CT molecular complexity index is 1740. The van der Waals surface area contributed by atoms with Gasteiger partial charge in [0.2, 0.25) is 15.9 Å². The number of hydrogen-bond acceptors (Lipinski definition) is 7. The number of benzene rings is 2. The lowest BCUT2D eigenvalue weighted by Crippen LogP contribution is -2.49. The zero-order valence-corrected chi connectivity index (χ0v) is 25.3. The lowest BCUT2D eigenvalue weighted by molar-refractivity contribution is -0.139. The molecule has 1 saturated heterocycles. The van der Waals surface area contributed by atoms with Crippen molar-refractivity contribution < 1.29 is 37.1 Å². The third kappa shape index (κ3) is 6.49. The molecule has 2 atom stereocenters. The largest absolute Gasteiger partial charge is 0.480 e. The minimum absolute atomic E-state index is 0.00264. The van der Waals surface area contributed by atoms with Gasteiger partial charge < -0.3 is 25.1 Å². The molecule has 0 unspecified atom stereocenters. The van der Waals surface area contributed by atoms with Crippen molar-refractivity contribution >= 4 is 67.9 Å². The van der Waals surface area contributed by atoms with Crippen LogP contribution in [-0.4, -0.2) is 84.9 Å². The van der Waals surface area contributed by atoms with Gasteiger partial charge in [0, 0.05) is 43.7 Å². The number of amides is 3. The molecule has 3 heterocycles. The number of rotatable bonds is 8. The lowest BCUT2D eigenvalue weighted by Gasteiger charge is -2.30. The summed E-state index contributed by atoms with van der Waals surface area (Å²) in [7, 11) is -3.45. The van der Waals surface area contributed by atoms with Crippen LogP contribution in [0, 0.1) is 5.92 Å². The molecule has 2 aliphatic heterocycles. The molecular formula is C28H28Cl2N4O8S. The Hall–Kier alpha value is -3.65. The first kappa shape index (κ1) is 30.8. The highest BCUT2D eigenvalue weighted by Gasteiger charge is 2.34. The summed E-state index contributed by atoms with van der Waals surface area (Å²) in [5.41, 5.74) is 2.24. The summed E-state index contributed by atoms with van der Waals surface area (Å²) >= 11 is 13.1. The molecule has 1 fully saturated rings. The molecule has 3 aromatic rings. The molecule has 0 bridgehead atoms. The molecule has 1 aromatic heterocycles. The number of carbonyl (C=O) groups excluding carboxylic acids is 3. The van der Waals surface area contributed by atoms with Gasteiger partial charge in [-0.3, -0.25) is 14.4 Å². The Balaban J connectivity index is 1.25. The Labute approximate surface area is 256 Å². The second-order valence-electron chi connectivity index (χ2n) is 10.6. The second kappa shape index (κ2) is 12.2. The second-order valence-corrected chi connectivity index (χ2v) is 13.3. The molecule has 0 radical (unpaired) electrons. The quantitative estimate of drug-likeness (QED) is 0.334. The molecular weight excluding hydrogens is 623 g/mol. The average molecular weight is 652 g/mol. The van der Waals surface area contributed by atoms with Crippen molar-refractivity contribution in [2.75, 3.05) is 32.4 Å². The fourth-order valence-electron chi connectivity index (χ4n) is 5.32. The van der Waals surface area contributed by atoms with Crippen LogP contribution in [0.5, 0.6) is 0 Å². The summed E-state index contributed by atoms with van der Waals surface area (Å²) < 4.78 is 30.0. The first-order valence-electron chi connectivity index (χ1n) is 13.4. The van der Waals surface area contributed by atoms with E-state index < -0.39 is 46.3 Å². The fourth-order valence-corrected chi connectivity index (χ4v) is 6.98. The number of furan rings is 1. The Morgan fingerprint density at radius 3 is 2.60 bits per heavy atom. The summed E-state index contributed by atoms with van der Waals surface area (Å²) in [6, 6.07) is 7.05. The van der Waals surface area contributed by atoms with Crippen molar-refractivity contribution in [3.05, 3.63) is 68.9 Å². The van der Waals surface area contributed by atoms with Crippen molar-refractivity contribution in [1.82, 2.24) is 19.8 Å². The maximum atomic E-state index is 13.2. The van der Waals surface area contributed by atoms with Crippen LogP contribution in [0.15, 0.2) is 41.0 Å². The smallest absolute Gasteiger partial charge is 0.328 e. The van der Waals surface area contributed by atoms with E-state index in [1.165, 1.54) is 10.4 Å². The van der Waals surface area contributed by atoms with E-state index in [9.17, 15) is 32.7 Å². The first-order chi connectivity index (χ1) is 20.3. The van der Waals surface area contributed by atoms with Gasteiger partial charge in [0.25, 0.3) is 11.8 Å². The monoisotopic (exact) mass is 650 g/mol. The summed E-state index contributed by atoms with van der Waals surface area (Å²) in [6.45, 7) is 0.283. The van der Waals surface area contributed by atoms with Gasteiger partial charge in [-0.05, 0) is 48.2 Å². The molecule has 2 aliphatic rings. The molecule has 15 heteroatoms. The number of aliphatic carboxylic acids is 1. The molecule has 0 saturated carbocycles. The van der Waals surface area contributed by atoms with Crippen molar-refractivity contribution in [2.45, 2.75) is 25.4 Å². The molecule has 43 heavy (non-hydrogen) atoms. The van der Waals surface area contributed by atoms with Crippen molar-refractivity contribution in [2.24, 2.45) is 5.92 Å². The molecule has 0 aliphatic carbocycles. The van der Waals surface area contributed by atoms with E-state index in [-0.39, 0.29) is 41.2 Å². The maximum Gasteiger partial charge on any atom is 0.328 e. The Morgan fingerprint density at radius 2 is 1.91 bits per heavy atom. The average Bonchev–Trinajstić information content (AvgIpc) is 3.64. The van der Waals surface area contributed by atoms with Crippen LogP contribution >= 0.6 is 23.2 Å². The molecule has 228 valence electrons. The van der Waals surface area contributed by atoms with E-state index in [2.05, 4.69) is 10.6 Å².